The van der Waals surface area contributed by atoms with E-state index in [1.165, 1.54) is 6.07 Å². The van der Waals surface area contributed by atoms with Gasteiger partial charge in [0.1, 0.15) is 12.3 Å². The van der Waals surface area contributed by atoms with Crippen molar-refractivity contribution in [3.05, 3.63) is 77.2 Å². The van der Waals surface area contributed by atoms with Crippen LogP contribution >= 0.6 is 0 Å². The van der Waals surface area contributed by atoms with Crippen LogP contribution in [0.4, 0.5) is 18.9 Å². The number of nitrogens with one attached hydrogen (secondary N) is 1. The Bertz CT molecular complexity index is 1420. The van der Waals surface area contributed by atoms with Gasteiger partial charge in [-0.15, -0.1) is 5.10 Å². The van der Waals surface area contributed by atoms with Crippen molar-refractivity contribution in [2.75, 3.05) is 24.5 Å². The van der Waals surface area contributed by atoms with Crippen molar-refractivity contribution in [1.82, 2.24) is 25.4 Å². The Labute approximate surface area is 242 Å². The SMILES string of the molecule is CC(=O)N1CCN(c2ccc(CNC(=O)C3(c4ccc(OCc5ccc(C(F)(F)F)nc5)nn4)CC3)cc2)CC1(C)C. The number of carbonyl (C=O) groups excluding carboxylic acids is 2. The Morgan fingerprint density at radius 2 is 1.69 bits per heavy atom. The zero-order valence-electron chi connectivity index (χ0n) is 23.7. The van der Waals surface area contributed by atoms with E-state index in [2.05, 4.69) is 39.2 Å². The van der Waals surface area contributed by atoms with Crippen LogP contribution < -0.4 is 15.0 Å². The Hall–Kier alpha value is -4.22. The van der Waals surface area contributed by atoms with Crippen LogP contribution in [0.3, 0.4) is 0 Å². The predicted octanol–water partition coefficient (Wildman–Crippen LogP) is 4.26. The number of alkyl halides is 3. The topological polar surface area (TPSA) is 101 Å². The van der Waals surface area contributed by atoms with Gasteiger partial charge in [0.2, 0.25) is 17.7 Å². The lowest BCUT2D eigenvalue weighted by Gasteiger charge is -2.47. The zero-order valence-corrected chi connectivity index (χ0v) is 23.7. The van der Waals surface area contributed by atoms with Gasteiger partial charge in [0.15, 0.2) is 0 Å². The Kier molecular flexibility index (Phi) is 7.82. The highest BCUT2D eigenvalue weighted by Gasteiger charge is 2.52. The second-order valence-electron chi connectivity index (χ2n) is 11.4. The van der Waals surface area contributed by atoms with Gasteiger partial charge in [-0.2, -0.15) is 18.3 Å². The van der Waals surface area contributed by atoms with Crippen molar-refractivity contribution in [3.63, 3.8) is 0 Å². The van der Waals surface area contributed by atoms with Crippen LogP contribution in [0.2, 0.25) is 0 Å². The maximum absolute atomic E-state index is 13.1. The molecule has 1 aliphatic carbocycles. The number of rotatable bonds is 8. The van der Waals surface area contributed by atoms with Gasteiger partial charge in [-0.25, -0.2) is 0 Å². The molecule has 3 heterocycles. The summed E-state index contributed by atoms with van der Waals surface area (Å²) in [6, 6.07) is 13.6. The first-order valence-corrected chi connectivity index (χ1v) is 13.8. The fourth-order valence-corrected chi connectivity index (χ4v) is 5.35. The number of benzene rings is 1. The van der Waals surface area contributed by atoms with Crippen LogP contribution in [0.1, 0.15) is 56.1 Å². The predicted molar refractivity (Wildman–Crippen MR) is 148 cm³/mol. The van der Waals surface area contributed by atoms with Crippen LogP contribution in [-0.4, -0.2) is 57.1 Å². The molecule has 2 fully saturated rings. The monoisotopic (exact) mass is 582 g/mol. The lowest BCUT2D eigenvalue weighted by Crippen LogP contribution is -2.60. The number of amides is 2. The fourth-order valence-electron chi connectivity index (χ4n) is 5.35. The van der Waals surface area contributed by atoms with Gasteiger partial charge in [0.25, 0.3) is 0 Å². The molecule has 222 valence electrons. The number of halogens is 3. The van der Waals surface area contributed by atoms with Crippen LogP contribution in [0, 0.1) is 0 Å². The molecular weight excluding hydrogens is 549 g/mol. The molecule has 2 aromatic heterocycles. The van der Waals surface area contributed by atoms with Gasteiger partial charge in [-0.05, 0) is 56.5 Å². The molecule has 12 heteroatoms. The third kappa shape index (κ3) is 6.32. The van der Waals surface area contributed by atoms with Gasteiger partial charge < -0.3 is 19.9 Å². The smallest absolute Gasteiger partial charge is 0.433 e. The number of piperazine rings is 1. The van der Waals surface area contributed by atoms with Crippen molar-refractivity contribution in [1.29, 1.82) is 0 Å². The summed E-state index contributed by atoms with van der Waals surface area (Å²) in [5.41, 5.74) is 1.09. The molecule has 0 radical (unpaired) electrons. The first-order valence-electron chi connectivity index (χ1n) is 13.8. The molecule has 1 aromatic carbocycles. The molecule has 3 aromatic rings. The molecular formula is C30H33F3N6O3. The minimum Gasteiger partial charge on any atom is -0.472 e. The third-order valence-electron chi connectivity index (χ3n) is 7.85. The molecule has 2 aliphatic rings. The first kappa shape index (κ1) is 29.3. The number of hydrogen-bond acceptors (Lipinski definition) is 7. The van der Waals surface area contributed by atoms with Gasteiger partial charge in [0, 0.05) is 56.6 Å². The number of nitrogens with zero attached hydrogens (tertiary/aromatic N) is 5. The standard InChI is InChI=1S/C30H33F3N6O3/c1-20(40)39-15-14-38(19-28(39,2)3)23-7-4-21(5-8-23)16-35-27(41)29(12-13-29)24-10-11-26(37-36-24)42-18-22-6-9-25(34-17-22)30(31,32)33/h4-11,17H,12-16,18-19H2,1-3H3,(H,35,41). The lowest BCUT2D eigenvalue weighted by atomic mass is 9.98. The van der Waals surface area contributed by atoms with Gasteiger partial charge >= 0.3 is 6.18 Å². The van der Waals surface area contributed by atoms with Crippen LogP contribution in [0.5, 0.6) is 5.88 Å². The van der Waals surface area contributed by atoms with E-state index in [0.717, 1.165) is 36.6 Å². The summed E-state index contributed by atoms with van der Waals surface area (Å²) in [7, 11) is 0. The number of ether oxygens (including phenoxy) is 1. The molecule has 2 amide bonds. The average molecular weight is 583 g/mol. The van der Waals surface area contributed by atoms with E-state index < -0.39 is 17.3 Å². The molecule has 0 unspecified atom stereocenters. The summed E-state index contributed by atoms with van der Waals surface area (Å²) in [5, 5.41) is 11.3. The number of carbonyl (C=O) groups is 2. The van der Waals surface area contributed by atoms with Gasteiger partial charge in [-0.1, -0.05) is 18.2 Å². The van der Waals surface area contributed by atoms with E-state index in [1.807, 2.05) is 29.2 Å². The molecule has 1 saturated carbocycles. The van der Waals surface area contributed by atoms with E-state index in [9.17, 15) is 22.8 Å². The maximum Gasteiger partial charge on any atom is 0.433 e. The molecule has 0 spiro atoms. The van der Waals surface area contributed by atoms with Crippen molar-refractivity contribution in [2.24, 2.45) is 0 Å². The number of anilines is 1. The van der Waals surface area contributed by atoms with Crippen molar-refractivity contribution in [3.8, 4) is 5.88 Å². The van der Waals surface area contributed by atoms with E-state index in [4.69, 9.17) is 4.74 Å². The van der Waals surface area contributed by atoms with E-state index in [1.54, 1.807) is 19.1 Å². The Morgan fingerprint density at radius 1 is 0.976 bits per heavy atom. The van der Waals surface area contributed by atoms with Crippen molar-refractivity contribution < 1.29 is 27.5 Å². The molecule has 42 heavy (non-hydrogen) atoms. The second-order valence-corrected chi connectivity index (χ2v) is 11.4. The molecule has 1 aliphatic heterocycles. The summed E-state index contributed by atoms with van der Waals surface area (Å²) < 4.78 is 43.6. The first-order chi connectivity index (χ1) is 19.9. The number of hydrogen-bond donors (Lipinski definition) is 1. The van der Waals surface area contributed by atoms with E-state index in [0.29, 0.717) is 37.2 Å². The molecule has 1 N–H and O–H groups in total. The normalized spacial score (nSPS) is 17.5. The third-order valence-corrected chi connectivity index (χ3v) is 7.85. The summed E-state index contributed by atoms with van der Waals surface area (Å²) in [6.07, 6.45) is -2.07. The Balaban J connectivity index is 1.13. The van der Waals surface area contributed by atoms with Crippen LogP contribution in [0.25, 0.3) is 0 Å². The average Bonchev–Trinajstić information content (AvgIpc) is 3.77. The highest BCUT2D eigenvalue weighted by Crippen LogP contribution is 2.47. The van der Waals surface area contributed by atoms with Gasteiger partial charge in [-0.3, -0.25) is 14.6 Å². The van der Waals surface area contributed by atoms with Crippen molar-refractivity contribution in [2.45, 2.75) is 63.9 Å². The molecule has 1 saturated heterocycles. The summed E-state index contributed by atoms with van der Waals surface area (Å²) >= 11 is 0. The fraction of sp³-hybridized carbons (Fsp3) is 0.433. The van der Waals surface area contributed by atoms with Crippen LogP contribution in [-0.2, 0) is 34.3 Å². The minimum absolute atomic E-state index is 0.0179. The molecule has 0 bridgehead atoms. The molecule has 5 rings (SSSR count). The van der Waals surface area contributed by atoms with Gasteiger partial charge in [0.05, 0.1) is 16.6 Å². The van der Waals surface area contributed by atoms with Crippen LogP contribution in [0.15, 0.2) is 54.7 Å². The largest absolute Gasteiger partial charge is 0.472 e. The molecule has 0 atom stereocenters. The summed E-state index contributed by atoms with van der Waals surface area (Å²) in [5.74, 6) is 0.164. The quantitative estimate of drug-likeness (QED) is 0.424. The summed E-state index contributed by atoms with van der Waals surface area (Å²) in [6.45, 7) is 8.29. The van der Waals surface area contributed by atoms with Crippen molar-refractivity contribution >= 4 is 17.5 Å². The highest BCUT2D eigenvalue weighted by molar-refractivity contribution is 5.90. The lowest BCUT2D eigenvalue weighted by molar-refractivity contribution is -0.141. The minimum atomic E-state index is -4.50. The van der Waals surface area contributed by atoms with E-state index in [-0.39, 0.29) is 29.8 Å². The number of aromatic nitrogens is 3. The zero-order chi connectivity index (χ0) is 30.1. The summed E-state index contributed by atoms with van der Waals surface area (Å²) in [4.78, 5) is 32.7. The van der Waals surface area contributed by atoms with E-state index >= 15 is 0 Å². The maximum atomic E-state index is 13.1. The second kappa shape index (κ2) is 11.2. The number of pyridine rings is 1. The Morgan fingerprint density at radius 3 is 2.24 bits per heavy atom. The highest BCUT2D eigenvalue weighted by atomic mass is 19.4. The molecule has 9 nitrogen and oxygen atoms in total.